The second-order valence-electron chi connectivity index (χ2n) is 8.32. The number of hydrogen-bond donors (Lipinski definition) is 0. The molecule has 0 aromatic carbocycles. The van der Waals surface area contributed by atoms with Crippen LogP contribution >= 0.6 is 0 Å². The zero-order valence-electron chi connectivity index (χ0n) is 17.2. The lowest BCUT2D eigenvalue weighted by molar-refractivity contribution is 0.0925. The van der Waals surface area contributed by atoms with E-state index in [2.05, 4.69) is 45.3 Å². The molecule has 5 heteroatoms. The summed E-state index contributed by atoms with van der Waals surface area (Å²) in [6.45, 7) is 8.47. The van der Waals surface area contributed by atoms with Crippen molar-refractivity contribution in [1.82, 2.24) is 14.5 Å². The Kier molecular flexibility index (Phi) is 5.81. The number of anilines is 1. The Morgan fingerprint density at radius 2 is 1.82 bits per heavy atom. The van der Waals surface area contributed by atoms with Gasteiger partial charge in [-0.15, -0.1) is 0 Å². The van der Waals surface area contributed by atoms with Crippen molar-refractivity contribution >= 4 is 11.6 Å². The van der Waals surface area contributed by atoms with Gasteiger partial charge in [-0.3, -0.25) is 9.69 Å². The molecule has 0 unspecified atom stereocenters. The number of nitrogens with zero attached hydrogens (tertiary/aromatic N) is 4. The smallest absolute Gasteiger partial charge is 0.178 e. The number of pyridine rings is 1. The minimum absolute atomic E-state index is 0.265. The summed E-state index contributed by atoms with van der Waals surface area (Å²) in [4.78, 5) is 22.1. The summed E-state index contributed by atoms with van der Waals surface area (Å²) in [5, 5.41) is 0. The topological polar surface area (TPSA) is 41.4 Å². The molecule has 1 saturated heterocycles. The largest absolute Gasteiger partial charge is 0.354 e. The SMILES string of the molecule is Cc1cc(C(=O)CN2CCN(c3ccccn3)CC2)c(C)n1C1CCCCC1. The third-order valence-electron chi connectivity index (χ3n) is 6.44. The first kappa shape index (κ1) is 19.2. The van der Waals surface area contributed by atoms with Gasteiger partial charge in [0.1, 0.15) is 5.82 Å². The molecule has 4 rings (SSSR count). The van der Waals surface area contributed by atoms with Crippen LogP contribution in [0.25, 0.3) is 0 Å². The number of ketones is 1. The molecule has 1 aliphatic carbocycles. The summed E-state index contributed by atoms with van der Waals surface area (Å²) in [6, 6.07) is 8.73. The van der Waals surface area contributed by atoms with Crippen molar-refractivity contribution in [2.75, 3.05) is 37.6 Å². The number of aromatic nitrogens is 2. The zero-order chi connectivity index (χ0) is 19.5. The predicted molar refractivity (Wildman–Crippen MR) is 113 cm³/mol. The number of hydrogen-bond acceptors (Lipinski definition) is 4. The summed E-state index contributed by atoms with van der Waals surface area (Å²) >= 11 is 0. The number of carbonyl (C=O) groups is 1. The Hall–Kier alpha value is -2.14. The van der Waals surface area contributed by atoms with Crippen LogP contribution in [0.1, 0.15) is 59.9 Å². The quantitative estimate of drug-likeness (QED) is 0.735. The fraction of sp³-hybridized carbons (Fsp3) is 0.565. The maximum absolute atomic E-state index is 13.1. The van der Waals surface area contributed by atoms with Crippen molar-refractivity contribution in [2.45, 2.75) is 52.0 Å². The van der Waals surface area contributed by atoms with Gasteiger partial charge in [-0.1, -0.05) is 25.3 Å². The van der Waals surface area contributed by atoms with Gasteiger partial charge in [0.25, 0.3) is 0 Å². The van der Waals surface area contributed by atoms with E-state index in [-0.39, 0.29) is 5.78 Å². The molecule has 5 nitrogen and oxygen atoms in total. The summed E-state index contributed by atoms with van der Waals surface area (Å²) in [7, 11) is 0. The minimum atomic E-state index is 0.265. The maximum atomic E-state index is 13.1. The van der Waals surface area contributed by atoms with Gasteiger partial charge in [0.05, 0.1) is 6.54 Å². The lowest BCUT2D eigenvalue weighted by atomic mass is 9.95. The predicted octanol–water partition coefficient (Wildman–Crippen LogP) is 4.01. The van der Waals surface area contributed by atoms with Crippen molar-refractivity contribution in [3.63, 3.8) is 0 Å². The van der Waals surface area contributed by atoms with Crippen LogP contribution in [0.3, 0.4) is 0 Å². The molecular weight excluding hydrogens is 348 g/mol. The molecule has 2 aromatic rings. The van der Waals surface area contributed by atoms with Crippen molar-refractivity contribution in [3.05, 3.63) is 47.4 Å². The van der Waals surface area contributed by atoms with E-state index >= 15 is 0 Å². The van der Waals surface area contributed by atoms with Crippen LogP contribution in [-0.2, 0) is 0 Å². The monoisotopic (exact) mass is 380 g/mol. The molecule has 3 heterocycles. The highest BCUT2D eigenvalue weighted by Gasteiger charge is 2.25. The fourth-order valence-electron chi connectivity index (χ4n) is 4.92. The first-order valence-electron chi connectivity index (χ1n) is 10.7. The Labute approximate surface area is 168 Å². The molecule has 0 amide bonds. The highest BCUT2D eigenvalue weighted by atomic mass is 16.1. The molecule has 2 fully saturated rings. The van der Waals surface area contributed by atoms with Gasteiger partial charge in [0.2, 0.25) is 0 Å². The average molecular weight is 381 g/mol. The Morgan fingerprint density at radius 3 is 2.50 bits per heavy atom. The van der Waals surface area contributed by atoms with E-state index in [4.69, 9.17) is 0 Å². The van der Waals surface area contributed by atoms with Crippen molar-refractivity contribution in [1.29, 1.82) is 0 Å². The van der Waals surface area contributed by atoms with Crippen molar-refractivity contribution < 1.29 is 4.79 Å². The van der Waals surface area contributed by atoms with E-state index in [1.54, 1.807) is 0 Å². The second-order valence-corrected chi connectivity index (χ2v) is 8.32. The van der Waals surface area contributed by atoms with Gasteiger partial charge in [0, 0.05) is 55.4 Å². The van der Waals surface area contributed by atoms with Gasteiger partial charge in [0.15, 0.2) is 5.78 Å². The van der Waals surface area contributed by atoms with E-state index in [1.165, 1.54) is 43.5 Å². The van der Waals surface area contributed by atoms with Gasteiger partial charge in [-0.05, 0) is 44.9 Å². The molecule has 0 radical (unpaired) electrons. The molecule has 0 bridgehead atoms. The second kappa shape index (κ2) is 8.48. The van der Waals surface area contributed by atoms with Crippen LogP contribution in [0, 0.1) is 13.8 Å². The highest BCUT2D eigenvalue weighted by Crippen LogP contribution is 2.32. The number of rotatable bonds is 5. The van der Waals surface area contributed by atoms with Gasteiger partial charge in [-0.2, -0.15) is 0 Å². The number of carbonyl (C=O) groups excluding carboxylic acids is 1. The van der Waals surface area contributed by atoms with Crippen LogP contribution in [0.15, 0.2) is 30.5 Å². The number of piperazine rings is 1. The molecule has 1 saturated carbocycles. The zero-order valence-corrected chi connectivity index (χ0v) is 17.2. The van der Waals surface area contributed by atoms with E-state index in [9.17, 15) is 4.79 Å². The summed E-state index contributed by atoms with van der Waals surface area (Å²) < 4.78 is 2.44. The first-order valence-corrected chi connectivity index (χ1v) is 10.7. The minimum Gasteiger partial charge on any atom is -0.354 e. The third kappa shape index (κ3) is 4.00. The Bertz CT molecular complexity index is 800. The van der Waals surface area contributed by atoms with E-state index < -0.39 is 0 Å². The summed E-state index contributed by atoms with van der Waals surface area (Å²) in [5.41, 5.74) is 3.34. The van der Waals surface area contributed by atoms with Crippen LogP contribution in [0.4, 0.5) is 5.82 Å². The van der Waals surface area contributed by atoms with E-state index in [1.807, 2.05) is 18.3 Å². The standard InChI is InChI=1S/C23H32N4O/c1-18-16-21(19(2)27(18)20-8-4-3-5-9-20)22(28)17-25-12-14-26(15-13-25)23-10-6-7-11-24-23/h6-7,10-11,16,20H,3-5,8-9,12-15,17H2,1-2H3. The van der Waals surface area contributed by atoms with Crippen LogP contribution < -0.4 is 4.90 Å². The van der Waals surface area contributed by atoms with E-state index in [0.29, 0.717) is 12.6 Å². The Balaban J connectivity index is 1.38. The van der Waals surface area contributed by atoms with Crippen molar-refractivity contribution in [2.24, 2.45) is 0 Å². The maximum Gasteiger partial charge on any atom is 0.178 e. The van der Waals surface area contributed by atoms with Crippen LogP contribution in [0.5, 0.6) is 0 Å². The molecular formula is C23H32N4O. The van der Waals surface area contributed by atoms with Gasteiger partial charge in [-0.25, -0.2) is 4.98 Å². The van der Waals surface area contributed by atoms with Crippen LogP contribution in [-0.4, -0.2) is 53.0 Å². The lowest BCUT2D eigenvalue weighted by Gasteiger charge is -2.35. The molecule has 0 spiro atoms. The van der Waals surface area contributed by atoms with Gasteiger partial charge >= 0.3 is 0 Å². The number of Topliss-reactive ketones (excluding diaryl/α,β-unsaturated/α-hetero) is 1. The molecule has 0 N–H and O–H groups in total. The number of aryl methyl sites for hydroxylation is 1. The molecule has 2 aliphatic rings. The van der Waals surface area contributed by atoms with Gasteiger partial charge < -0.3 is 9.47 Å². The first-order chi connectivity index (χ1) is 13.6. The average Bonchev–Trinajstić information content (AvgIpc) is 3.04. The molecule has 150 valence electrons. The Morgan fingerprint density at radius 1 is 1.07 bits per heavy atom. The molecule has 2 aromatic heterocycles. The fourth-order valence-corrected chi connectivity index (χ4v) is 4.92. The molecule has 0 atom stereocenters. The van der Waals surface area contributed by atoms with Crippen LogP contribution in [0.2, 0.25) is 0 Å². The lowest BCUT2D eigenvalue weighted by Crippen LogP contribution is -2.48. The van der Waals surface area contributed by atoms with E-state index in [0.717, 1.165) is 37.6 Å². The third-order valence-corrected chi connectivity index (χ3v) is 6.44. The molecule has 28 heavy (non-hydrogen) atoms. The normalized spacial score (nSPS) is 19.1. The summed E-state index contributed by atoms with van der Waals surface area (Å²) in [6.07, 6.45) is 8.31. The summed E-state index contributed by atoms with van der Waals surface area (Å²) in [5.74, 6) is 1.30. The van der Waals surface area contributed by atoms with Crippen molar-refractivity contribution in [3.8, 4) is 0 Å². The highest BCUT2D eigenvalue weighted by molar-refractivity contribution is 5.99. The molecule has 1 aliphatic heterocycles.